The van der Waals surface area contributed by atoms with Crippen LogP contribution < -0.4 is 16.6 Å². The van der Waals surface area contributed by atoms with Crippen molar-refractivity contribution in [2.45, 2.75) is 40.4 Å². The van der Waals surface area contributed by atoms with Gasteiger partial charge in [-0.15, -0.1) is 0 Å². The Morgan fingerprint density at radius 2 is 1.82 bits per heavy atom. The molecule has 4 rings (SSSR count). The van der Waals surface area contributed by atoms with Crippen LogP contribution in [0, 0.1) is 18.7 Å². The van der Waals surface area contributed by atoms with Gasteiger partial charge in [0, 0.05) is 12.2 Å². The van der Waals surface area contributed by atoms with Crippen LogP contribution in [0.4, 0.5) is 10.1 Å². The number of amides is 1. The van der Waals surface area contributed by atoms with Crippen molar-refractivity contribution in [3.8, 4) is 0 Å². The summed E-state index contributed by atoms with van der Waals surface area (Å²) in [6.07, 6.45) is 1.55. The van der Waals surface area contributed by atoms with Crippen LogP contribution in [0.15, 0.2) is 64.4 Å². The minimum atomic E-state index is -0.638. The van der Waals surface area contributed by atoms with Gasteiger partial charge in [-0.3, -0.25) is 14.2 Å². The Labute approximate surface area is 195 Å². The number of carbonyl (C=O) groups is 1. The van der Waals surface area contributed by atoms with Crippen LogP contribution in [-0.2, 0) is 24.4 Å². The zero-order chi connectivity index (χ0) is 24.4. The molecule has 4 aromatic rings. The molecule has 9 heteroatoms. The third kappa shape index (κ3) is 4.68. The number of nitrogens with one attached hydrogen (secondary N) is 1. The van der Waals surface area contributed by atoms with Crippen molar-refractivity contribution in [3.63, 3.8) is 0 Å². The standard InChI is InChI=1S/C25H26FN5O3/c1-16(2)12-29-15-27-23-22(29)24(33)31(25(34)30(23)13-18-7-5-4-6-8-18)14-21(32)28-19-10-9-17(3)20(26)11-19/h4-11,15-16H,12-14H2,1-3H3,(H,28,32). The predicted octanol–water partition coefficient (Wildman–Crippen LogP) is 3.15. The maximum absolute atomic E-state index is 13.9. The van der Waals surface area contributed by atoms with Gasteiger partial charge in [0.05, 0.1) is 12.9 Å². The Balaban J connectivity index is 1.78. The number of fused-ring (bicyclic) bond motifs is 1. The summed E-state index contributed by atoms with van der Waals surface area (Å²) in [5.74, 6) is -0.832. The fraction of sp³-hybridized carbons (Fsp3) is 0.280. The monoisotopic (exact) mass is 463 g/mol. The number of hydrogen-bond acceptors (Lipinski definition) is 4. The van der Waals surface area contributed by atoms with Crippen molar-refractivity contribution >= 4 is 22.8 Å². The van der Waals surface area contributed by atoms with Crippen LogP contribution in [0.1, 0.15) is 25.0 Å². The molecule has 2 aromatic heterocycles. The van der Waals surface area contributed by atoms with Crippen LogP contribution in [-0.4, -0.2) is 24.6 Å². The van der Waals surface area contributed by atoms with Crippen molar-refractivity contribution in [2.75, 3.05) is 5.32 Å². The number of rotatable bonds is 7. The summed E-state index contributed by atoms with van der Waals surface area (Å²) in [5.41, 5.74) is 0.858. The topological polar surface area (TPSA) is 90.9 Å². The normalized spacial score (nSPS) is 11.3. The number of aromatic nitrogens is 4. The second-order valence-electron chi connectivity index (χ2n) is 8.72. The van der Waals surface area contributed by atoms with Crippen LogP contribution >= 0.6 is 0 Å². The summed E-state index contributed by atoms with van der Waals surface area (Å²) in [6, 6.07) is 13.6. The number of benzene rings is 2. The summed E-state index contributed by atoms with van der Waals surface area (Å²) in [4.78, 5) is 43.8. The number of halogens is 1. The lowest BCUT2D eigenvalue weighted by molar-refractivity contribution is -0.116. The fourth-order valence-corrected chi connectivity index (χ4v) is 3.83. The van der Waals surface area contributed by atoms with Gasteiger partial charge >= 0.3 is 5.69 Å². The average molecular weight is 464 g/mol. The van der Waals surface area contributed by atoms with Gasteiger partial charge in [0.2, 0.25) is 5.91 Å². The highest BCUT2D eigenvalue weighted by molar-refractivity contribution is 5.90. The molecule has 1 amide bonds. The molecule has 0 radical (unpaired) electrons. The minimum Gasteiger partial charge on any atom is -0.324 e. The van der Waals surface area contributed by atoms with Crippen molar-refractivity contribution < 1.29 is 9.18 Å². The van der Waals surface area contributed by atoms with E-state index in [0.29, 0.717) is 12.1 Å². The van der Waals surface area contributed by atoms with E-state index in [4.69, 9.17) is 0 Å². The van der Waals surface area contributed by atoms with Gasteiger partial charge in [0.25, 0.3) is 5.56 Å². The molecule has 0 saturated carbocycles. The predicted molar refractivity (Wildman–Crippen MR) is 128 cm³/mol. The Bertz CT molecular complexity index is 1470. The van der Waals surface area contributed by atoms with Crippen LogP contribution in [0.3, 0.4) is 0 Å². The van der Waals surface area contributed by atoms with E-state index in [1.165, 1.54) is 10.6 Å². The number of aryl methyl sites for hydroxylation is 1. The molecule has 0 saturated heterocycles. The molecule has 176 valence electrons. The zero-order valence-corrected chi connectivity index (χ0v) is 19.3. The van der Waals surface area contributed by atoms with Crippen molar-refractivity contribution in [2.24, 2.45) is 5.92 Å². The number of anilines is 1. The second-order valence-corrected chi connectivity index (χ2v) is 8.72. The number of carbonyl (C=O) groups excluding carboxylic acids is 1. The maximum Gasteiger partial charge on any atom is 0.333 e. The van der Waals surface area contributed by atoms with E-state index < -0.39 is 29.5 Å². The summed E-state index contributed by atoms with van der Waals surface area (Å²) in [6.45, 7) is 5.86. The Hall–Kier alpha value is -4.01. The first-order valence-electron chi connectivity index (χ1n) is 11.0. The Kier molecular flexibility index (Phi) is 6.45. The van der Waals surface area contributed by atoms with Gasteiger partial charge in [-0.2, -0.15) is 0 Å². The molecule has 0 aliphatic heterocycles. The van der Waals surface area contributed by atoms with Crippen LogP contribution in [0.5, 0.6) is 0 Å². The second kappa shape index (κ2) is 9.46. The molecular weight excluding hydrogens is 437 g/mol. The van der Waals surface area contributed by atoms with Gasteiger partial charge in [-0.1, -0.05) is 50.2 Å². The van der Waals surface area contributed by atoms with E-state index in [9.17, 15) is 18.8 Å². The molecule has 2 aromatic carbocycles. The summed E-state index contributed by atoms with van der Waals surface area (Å²) < 4.78 is 17.9. The van der Waals surface area contributed by atoms with Gasteiger partial charge in [0.1, 0.15) is 12.4 Å². The van der Waals surface area contributed by atoms with Crippen molar-refractivity contribution in [3.05, 3.63) is 92.6 Å². The highest BCUT2D eigenvalue weighted by atomic mass is 19.1. The van der Waals surface area contributed by atoms with Gasteiger partial charge in [-0.25, -0.2) is 18.7 Å². The number of hydrogen-bond donors (Lipinski definition) is 1. The van der Waals surface area contributed by atoms with E-state index in [2.05, 4.69) is 10.3 Å². The fourth-order valence-electron chi connectivity index (χ4n) is 3.83. The molecule has 1 N–H and O–H groups in total. The summed E-state index contributed by atoms with van der Waals surface area (Å²) in [5, 5.41) is 2.56. The highest BCUT2D eigenvalue weighted by Crippen LogP contribution is 2.14. The molecular formula is C25H26FN5O3. The van der Waals surface area contributed by atoms with Crippen molar-refractivity contribution in [1.29, 1.82) is 0 Å². The van der Waals surface area contributed by atoms with Gasteiger partial charge < -0.3 is 9.88 Å². The number of nitrogens with zero attached hydrogens (tertiary/aromatic N) is 4. The number of imidazole rings is 1. The van der Waals surface area contributed by atoms with E-state index in [-0.39, 0.29) is 29.3 Å². The zero-order valence-electron chi connectivity index (χ0n) is 19.3. The van der Waals surface area contributed by atoms with Crippen LogP contribution in [0.2, 0.25) is 0 Å². The summed E-state index contributed by atoms with van der Waals surface area (Å²) in [7, 11) is 0. The Morgan fingerprint density at radius 1 is 1.09 bits per heavy atom. The first kappa shape index (κ1) is 23.2. The molecule has 0 fully saturated rings. The molecule has 0 aliphatic rings. The summed E-state index contributed by atoms with van der Waals surface area (Å²) >= 11 is 0. The van der Waals surface area contributed by atoms with Crippen molar-refractivity contribution in [1.82, 2.24) is 18.7 Å². The van der Waals surface area contributed by atoms with E-state index in [0.717, 1.165) is 10.1 Å². The Morgan fingerprint density at radius 3 is 2.50 bits per heavy atom. The quantitative estimate of drug-likeness (QED) is 0.456. The largest absolute Gasteiger partial charge is 0.333 e. The smallest absolute Gasteiger partial charge is 0.324 e. The molecule has 2 heterocycles. The molecule has 0 unspecified atom stereocenters. The van der Waals surface area contributed by atoms with E-state index in [1.807, 2.05) is 44.2 Å². The molecule has 0 bridgehead atoms. The minimum absolute atomic E-state index is 0.194. The lowest BCUT2D eigenvalue weighted by atomic mass is 10.2. The van der Waals surface area contributed by atoms with Crippen LogP contribution in [0.25, 0.3) is 11.2 Å². The average Bonchev–Trinajstić information content (AvgIpc) is 3.20. The molecule has 0 spiro atoms. The lowest BCUT2D eigenvalue weighted by Gasteiger charge is -2.14. The molecule has 8 nitrogen and oxygen atoms in total. The third-order valence-corrected chi connectivity index (χ3v) is 5.49. The molecule has 0 aliphatic carbocycles. The van der Waals surface area contributed by atoms with E-state index in [1.54, 1.807) is 30.0 Å². The third-order valence-electron chi connectivity index (χ3n) is 5.49. The van der Waals surface area contributed by atoms with Gasteiger partial charge in [0.15, 0.2) is 11.2 Å². The van der Waals surface area contributed by atoms with Gasteiger partial charge in [-0.05, 0) is 36.1 Å². The molecule has 34 heavy (non-hydrogen) atoms. The lowest BCUT2D eigenvalue weighted by Crippen LogP contribution is -2.43. The maximum atomic E-state index is 13.9. The molecule has 0 atom stereocenters. The first-order valence-corrected chi connectivity index (χ1v) is 11.0. The van der Waals surface area contributed by atoms with E-state index >= 15 is 0 Å². The highest BCUT2D eigenvalue weighted by Gasteiger charge is 2.20. The SMILES string of the molecule is Cc1ccc(NC(=O)Cn2c(=O)c3c(ncn3CC(C)C)n(Cc3ccccc3)c2=O)cc1F. The first-order chi connectivity index (χ1) is 16.2.